The molecule has 0 radical (unpaired) electrons. The van der Waals surface area contributed by atoms with E-state index in [4.69, 9.17) is 4.74 Å². The average Bonchev–Trinajstić information content (AvgIpc) is 2.14. The van der Waals surface area contributed by atoms with Crippen molar-refractivity contribution in [1.82, 2.24) is 4.98 Å². The maximum atomic E-state index is 10.1. The predicted octanol–water partition coefficient (Wildman–Crippen LogP) is 1.88. The molecule has 2 aliphatic rings. The highest BCUT2D eigenvalue weighted by molar-refractivity contribution is 5.31. The van der Waals surface area contributed by atoms with Gasteiger partial charge in [0, 0.05) is 23.4 Å². The summed E-state index contributed by atoms with van der Waals surface area (Å²) < 4.78 is 5.06. The Morgan fingerprint density at radius 2 is 2.19 bits per heavy atom. The first-order valence-corrected chi connectivity index (χ1v) is 5.96. The molecule has 1 aromatic rings. The van der Waals surface area contributed by atoms with E-state index in [9.17, 15) is 5.11 Å². The zero-order valence-electron chi connectivity index (χ0n) is 9.57. The molecule has 2 fully saturated rings. The van der Waals surface area contributed by atoms with E-state index in [0.29, 0.717) is 19.1 Å². The van der Waals surface area contributed by atoms with Crippen LogP contribution in [0.4, 0.5) is 0 Å². The topological polar surface area (TPSA) is 42.4 Å². The van der Waals surface area contributed by atoms with Gasteiger partial charge in [-0.25, -0.2) is 0 Å². The van der Waals surface area contributed by atoms with Crippen LogP contribution in [0.2, 0.25) is 0 Å². The second kappa shape index (κ2) is 3.54. The molecule has 2 heterocycles. The number of aryl methyl sites for hydroxylation is 1. The maximum Gasteiger partial charge on any atom is 0.137 e. The first-order chi connectivity index (χ1) is 7.69. The zero-order valence-corrected chi connectivity index (χ0v) is 9.57. The minimum absolute atomic E-state index is 0.400. The number of pyridine rings is 1. The van der Waals surface area contributed by atoms with Gasteiger partial charge in [0.2, 0.25) is 0 Å². The third-order valence-corrected chi connectivity index (χ3v) is 3.83. The molecule has 1 aliphatic carbocycles. The number of aliphatic hydroxyl groups is 1. The van der Waals surface area contributed by atoms with Crippen molar-refractivity contribution >= 4 is 0 Å². The number of hydrogen-bond donors (Lipinski definition) is 1. The summed E-state index contributed by atoms with van der Waals surface area (Å²) in [6.07, 6.45) is 5.68. The zero-order chi connectivity index (χ0) is 11.2. The fraction of sp³-hybridized carbons (Fsp3) is 0.615. The summed E-state index contributed by atoms with van der Waals surface area (Å²) in [5.41, 5.74) is 2.55. The second-order valence-electron chi connectivity index (χ2n) is 5.08. The molecule has 0 atom stereocenters. The molecular weight excluding hydrogens is 202 g/mol. The van der Waals surface area contributed by atoms with Crippen LogP contribution in [-0.2, 0) is 10.3 Å². The quantitative estimate of drug-likeness (QED) is 0.825. The summed E-state index contributed by atoms with van der Waals surface area (Å²) in [4.78, 5) is 4.53. The van der Waals surface area contributed by atoms with Crippen LogP contribution in [0.5, 0.6) is 0 Å². The van der Waals surface area contributed by atoms with Crippen molar-refractivity contribution in [2.24, 2.45) is 0 Å². The summed E-state index contributed by atoms with van der Waals surface area (Å²) in [7, 11) is 0. The van der Waals surface area contributed by atoms with Crippen LogP contribution in [0.15, 0.2) is 12.3 Å². The molecule has 0 bridgehead atoms. The number of aromatic nitrogens is 1. The third-order valence-electron chi connectivity index (χ3n) is 3.83. The van der Waals surface area contributed by atoms with E-state index in [0.717, 1.165) is 5.56 Å². The third kappa shape index (κ3) is 1.46. The van der Waals surface area contributed by atoms with Gasteiger partial charge in [0.1, 0.15) is 5.60 Å². The lowest BCUT2D eigenvalue weighted by molar-refractivity contribution is -0.184. The van der Waals surface area contributed by atoms with E-state index in [-0.39, 0.29) is 0 Å². The van der Waals surface area contributed by atoms with Crippen LogP contribution in [-0.4, -0.2) is 23.3 Å². The van der Waals surface area contributed by atoms with E-state index >= 15 is 0 Å². The normalized spacial score (nSPS) is 23.6. The first kappa shape index (κ1) is 10.2. The van der Waals surface area contributed by atoms with Crippen molar-refractivity contribution < 1.29 is 9.84 Å². The molecule has 1 aliphatic heterocycles. The summed E-state index contributed by atoms with van der Waals surface area (Å²) in [6.45, 7) is 2.89. The summed E-state index contributed by atoms with van der Waals surface area (Å²) >= 11 is 0. The Kier molecular flexibility index (Phi) is 2.26. The number of hydrogen-bond acceptors (Lipinski definition) is 3. The average molecular weight is 219 g/mol. The smallest absolute Gasteiger partial charge is 0.137 e. The second-order valence-corrected chi connectivity index (χ2v) is 5.08. The maximum absolute atomic E-state index is 10.1. The van der Waals surface area contributed by atoms with Gasteiger partial charge in [0.15, 0.2) is 0 Å². The molecule has 1 aromatic heterocycles. The molecule has 1 saturated carbocycles. The largest absolute Gasteiger partial charge is 0.380 e. The molecule has 0 aromatic carbocycles. The van der Waals surface area contributed by atoms with Gasteiger partial charge in [-0.05, 0) is 31.4 Å². The van der Waals surface area contributed by atoms with Crippen LogP contribution in [0.1, 0.15) is 42.0 Å². The van der Waals surface area contributed by atoms with Gasteiger partial charge in [-0.2, -0.15) is 0 Å². The first-order valence-electron chi connectivity index (χ1n) is 5.96. The van der Waals surface area contributed by atoms with Crippen LogP contribution >= 0.6 is 0 Å². The SMILES string of the molecule is Cc1cc(C2(O)COC2)cnc1C1CCC1. The lowest BCUT2D eigenvalue weighted by atomic mass is 9.80. The van der Waals surface area contributed by atoms with E-state index in [1.54, 1.807) is 0 Å². The summed E-state index contributed by atoms with van der Waals surface area (Å²) in [5, 5.41) is 10.1. The Morgan fingerprint density at radius 3 is 2.62 bits per heavy atom. The van der Waals surface area contributed by atoms with Gasteiger partial charge in [0.25, 0.3) is 0 Å². The number of rotatable bonds is 2. The summed E-state index contributed by atoms with van der Waals surface area (Å²) in [5.74, 6) is 0.654. The van der Waals surface area contributed by atoms with Gasteiger partial charge in [-0.15, -0.1) is 0 Å². The fourth-order valence-electron chi connectivity index (χ4n) is 2.41. The highest BCUT2D eigenvalue weighted by Gasteiger charge is 2.38. The Bertz CT molecular complexity index is 408. The molecule has 86 valence electrons. The highest BCUT2D eigenvalue weighted by atomic mass is 16.5. The fourth-order valence-corrected chi connectivity index (χ4v) is 2.41. The van der Waals surface area contributed by atoms with Crippen molar-refractivity contribution in [2.75, 3.05) is 13.2 Å². The van der Waals surface area contributed by atoms with Gasteiger partial charge in [-0.1, -0.05) is 6.42 Å². The summed E-state index contributed by atoms with van der Waals surface area (Å²) in [6, 6.07) is 2.07. The molecule has 0 spiro atoms. The van der Waals surface area contributed by atoms with E-state index in [2.05, 4.69) is 18.0 Å². The molecule has 3 heteroatoms. The van der Waals surface area contributed by atoms with Crippen molar-refractivity contribution in [3.8, 4) is 0 Å². The lowest BCUT2D eigenvalue weighted by Gasteiger charge is -2.37. The molecule has 16 heavy (non-hydrogen) atoms. The Morgan fingerprint density at radius 1 is 1.44 bits per heavy atom. The van der Waals surface area contributed by atoms with Gasteiger partial charge < -0.3 is 9.84 Å². The molecule has 3 rings (SSSR count). The van der Waals surface area contributed by atoms with Crippen LogP contribution in [0.3, 0.4) is 0 Å². The van der Waals surface area contributed by atoms with E-state index in [1.165, 1.54) is 30.5 Å². The molecular formula is C13H17NO2. The standard InChI is InChI=1S/C13H17NO2/c1-9-5-11(13(15)7-16-8-13)6-14-12(9)10-3-2-4-10/h5-6,10,15H,2-4,7-8H2,1H3. The monoisotopic (exact) mass is 219 g/mol. The van der Waals surface area contributed by atoms with Crippen LogP contribution in [0, 0.1) is 6.92 Å². The Hall–Kier alpha value is -0.930. The minimum atomic E-state index is -0.782. The van der Waals surface area contributed by atoms with Crippen molar-refractivity contribution in [3.05, 3.63) is 29.1 Å². The molecule has 0 amide bonds. The van der Waals surface area contributed by atoms with E-state index in [1.807, 2.05) is 6.20 Å². The Labute approximate surface area is 95.5 Å². The molecule has 0 unspecified atom stereocenters. The predicted molar refractivity (Wildman–Crippen MR) is 60.3 cm³/mol. The number of nitrogens with zero attached hydrogens (tertiary/aromatic N) is 1. The molecule has 1 saturated heterocycles. The van der Waals surface area contributed by atoms with Gasteiger partial charge in [-0.3, -0.25) is 4.98 Å². The molecule has 1 N–H and O–H groups in total. The number of ether oxygens (including phenoxy) is 1. The van der Waals surface area contributed by atoms with E-state index < -0.39 is 5.60 Å². The van der Waals surface area contributed by atoms with Crippen molar-refractivity contribution in [3.63, 3.8) is 0 Å². The van der Waals surface area contributed by atoms with Crippen LogP contribution < -0.4 is 0 Å². The molecule has 3 nitrogen and oxygen atoms in total. The van der Waals surface area contributed by atoms with Crippen molar-refractivity contribution in [1.29, 1.82) is 0 Å². The van der Waals surface area contributed by atoms with Gasteiger partial charge in [0.05, 0.1) is 13.2 Å². The lowest BCUT2D eigenvalue weighted by Crippen LogP contribution is -2.46. The minimum Gasteiger partial charge on any atom is -0.380 e. The van der Waals surface area contributed by atoms with Crippen molar-refractivity contribution in [2.45, 2.75) is 37.7 Å². The van der Waals surface area contributed by atoms with Crippen LogP contribution in [0.25, 0.3) is 0 Å². The highest BCUT2D eigenvalue weighted by Crippen LogP contribution is 2.38. The Balaban J connectivity index is 1.89. The van der Waals surface area contributed by atoms with Gasteiger partial charge >= 0.3 is 0 Å².